The summed E-state index contributed by atoms with van der Waals surface area (Å²) in [6, 6.07) is 0. The first kappa shape index (κ1) is 16.5. The highest BCUT2D eigenvalue weighted by Crippen LogP contribution is 1.87. The number of aliphatic hydroxyl groups is 1. The number of rotatable bonds is 6. The third-order valence-electron chi connectivity index (χ3n) is 0.860. The molecule has 0 radical (unpaired) electrons. The van der Waals surface area contributed by atoms with Crippen LogP contribution < -0.4 is 0 Å². The highest BCUT2D eigenvalue weighted by molar-refractivity contribution is 7.80. The minimum Gasteiger partial charge on any atom is -0.496 e. The summed E-state index contributed by atoms with van der Waals surface area (Å²) in [6.07, 6.45) is 1.22. The van der Waals surface area contributed by atoms with Crippen LogP contribution in [0.15, 0.2) is 25.0 Å². The van der Waals surface area contributed by atoms with Crippen LogP contribution in [0, 0.1) is 0 Å². The van der Waals surface area contributed by atoms with Crippen molar-refractivity contribution >= 4 is 10.4 Å². The van der Waals surface area contributed by atoms with Gasteiger partial charge in [0.2, 0.25) is 0 Å². The monoisotopic (exact) mass is 240 g/mol. The molecule has 0 unspecified atom stereocenters. The van der Waals surface area contributed by atoms with Crippen LogP contribution in [-0.2, 0) is 19.3 Å². The third-order valence-corrected chi connectivity index (χ3v) is 1.29. The predicted octanol–water partition coefficient (Wildman–Crippen LogP) is 0.521. The van der Waals surface area contributed by atoms with Crippen molar-refractivity contribution in [1.29, 1.82) is 0 Å². The minimum atomic E-state index is -4.26. The van der Waals surface area contributed by atoms with Crippen LogP contribution in [0.5, 0.6) is 0 Å². The molecule has 0 aliphatic carbocycles. The molecule has 0 amide bonds. The van der Waals surface area contributed by atoms with E-state index in [0.29, 0.717) is 12.4 Å². The fourth-order valence-electron chi connectivity index (χ4n) is 0.384. The Morgan fingerprint density at radius 1 is 1.53 bits per heavy atom. The molecule has 0 saturated heterocycles. The number of ether oxygens (including phenoxy) is 1. The van der Waals surface area contributed by atoms with Crippen LogP contribution in [-0.4, -0.2) is 37.9 Å². The highest BCUT2D eigenvalue weighted by atomic mass is 32.3. The van der Waals surface area contributed by atoms with Crippen LogP contribution in [0.25, 0.3) is 0 Å². The van der Waals surface area contributed by atoms with E-state index in [0.717, 1.165) is 0 Å². The molecule has 15 heavy (non-hydrogen) atoms. The molecule has 0 heterocycles. The minimum absolute atomic E-state index is 0.0756. The second-order valence-electron chi connectivity index (χ2n) is 2.13. The molecule has 6 nitrogen and oxygen atoms in total. The van der Waals surface area contributed by atoms with Gasteiger partial charge in [-0.2, -0.15) is 8.42 Å². The van der Waals surface area contributed by atoms with E-state index >= 15 is 0 Å². The summed E-state index contributed by atoms with van der Waals surface area (Å²) >= 11 is 0. The van der Waals surface area contributed by atoms with Crippen molar-refractivity contribution < 1.29 is 27.0 Å². The second-order valence-corrected chi connectivity index (χ2v) is 3.22. The molecule has 0 aromatic carbocycles. The van der Waals surface area contributed by atoms with E-state index < -0.39 is 10.4 Å². The molecule has 0 bridgehead atoms. The molecule has 0 aliphatic heterocycles. The summed E-state index contributed by atoms with van der Waals surface area (Å²) in [6.45, 7) is 8.71. The first-order chi connectivity index (χ1) is 6.87. The first-order valence-electron chi connectivity index (χ1n) is 4.01. The molecule has 0 aliphatic rings. The highest BCUT2D eigenvalue weighted by Gasteiger charge is 1.99. The van der Waals surface area contributed by atoms with Crippen LogP contribution in [0.4, 0.5) is 0 Å². The Balaban J connectivity index is 0. The topological polar surface area (TPSA) is 93.1 Å². The zero-order chi connectivity index (χ0) is 12.3. The number of hydrogen-bond donors (Lipinski definition) is 2. The van der Waals surface area contributed by atoms with Crippen molar-refractivity contribution in [2.24, 2.45) is 0 Å². The summed E-state index contributed by atoms with van der Waals surface area (Å²) in [5.74, 6) is 0.433. The van der Waals surface area contributed by atoms with Gasteiger partial charge in [0, 0.05) is 0 Å². The molecule has 0 spiro atoms. The fraction of sp³-hybridized carbons (Fsp3) is 0.500. The van der Waals surface area contributed by atoms with E-state index in [1.165, 1.54) is 6.08 Å². The quantitative estimate of drug-likeness (QED) is 0.399. The van der Waals surface area contributed by atoms with E-state index in [-0.39, 0.29) is 13.2 Å². The van der Waals surface area contributed by atoms with Gasteiger partial charge in [-0.05, 0) is 6.92 Å². The number of aliphatic hydroxyl groups excluding tert-OH is 1. The van der Waals surface area contributed by atoms with Gasteiger partial charge in [0.25, 0.3) is 0 Å². The molecule has 0 rings (SSSR count). The number of hydrogen-bond acceptors (Lipinski definition) is 5. The molecular formula is C8H16O6S. The van der Waals surface area contributed by atoms with Gasteiger partial charge in [-0.25, -0.2) is 4.18 Å². The van der Waals surface area contributed by atoms with Gasteiger partial charge < -0.3 is 9.84 Å². The summed E-state index contributed by atoms with van der Waals surface area (Å²) in [7, 11) is -4.26. The lowest BCUT2D eigenvalue weighted by atomic mass is 10.6. The summed E-state index contributed by atoms with van der Waals surface area (Å²) in [5.41, 5.74) is 0. The lowest BCUT2D eigenvalue weighted by Gasteiger charge is -1.99. The van der Waals surface area contributed by atoms with Gasteiger partial charge in [0.1, 0.15) is 5.76 Å². The normalized spacial score (nSPS) is 9.80. The van der Waals surface area contributed by atoms with E-state index in [9.17, 15) is 8.42 Å². The van der Waals surface area contributed by atoms with Gasteiger partial charge in [-0.3, -0.25) is 4.55 Å². The maximum absolute atomic E-state index is 9.68. The fourth-order valence-corrected chi connectivity index (χ4v) is 0.652. The van der Waals surface area contributed by atoms with Crippen molar-refractivity contribution in [3.05, 3.63) is 25.0 Å². The second kappa shape index (κ2) is 9.66. The van der Waals surface area contributed by atoms with E-state index in [1.807, 2.05) is 6.92 Å². The van der Waals surface area contributed by atoms with Crippen LogP contribution in [0.1, 0.15) is 6.92 Å². The Morgan fingerprint density at radius 3 is 2.20 bits per heavy atom. The van der Waals surface area contributed by atoms with Gasteiger partial charge >= 0.3 is 10.4 Å². The first-order valence-corrected chi connectivity index (χ1v) is 5.38. The van der Waals surface area contributed by atoms with Crippen molar-refractivity contribution in [3.8, 4) is 0 Å². The standard InChI is InChI=1S/C5H10O2.C3H6O4S/c1-3-7-5(2)4-6;1-2-3-7-8(4,5)6/h6H,2-4H2,1H3;2H,1,3H2,(H,4,5,6). The Labute approximate surface area is 89.8 Å². The van der Waals surface area contributed by atoms with Gasteiger partial charge in [0.15, 0.2) is 0 Å². The van der Waals surface area contributed by atoms with E-state index in [2.05, 4.69) is 17.3 Å². The van der Waals surface area contributed by atoms with Crippen LogP contribution >= 0.6 is 0 Å². The molecule has 0 aromatic rings. The zero-order valence-electron chi connectivity index (χ0n) is 8.55. The smallest absolute Gasteiger partial charge is 0.397 e. The summed E-state index contributed by atoms with van der Waals surface area (Å²) in [4.78, 5) is 0. The lowest BCUT2D eigenvalue weighted by Crippen LogP contribution is -2.02. The molecule has 0 fully saturated rings. The molecule has 0 atom stereocenters. The Bertz CT molecular complexity index is 269. The predicted molar refractivity (Wildman–Crippen MR) is 55.5 cm³/mol. The molecule has 0 saturated carbocycles. The maximum Gasteiger partial charge on any atom is 0.397 e. The van der Waals surface area contributed by atoms with E-state index in [1.54, 1.807) is 0 Å². The van der Waals surface area contributed by atoms with E-state index in [4.69, 9.17) is 14.4 Å². The van der Waals surface area contributed by atoms with Gasteiger partial charge in [-0.1, -0.05) is 12.7 Å². The van der Waals surface area contributed by atoms with Crippen molar-refractivity contribution in [3.63, 3.8) is 0 Å². The molecule has 0 aromatic heterocycles. The Hall–Kier alpha value is -0.890. The van der Waals surface area contributed by atoms with Gasteiger partial charge in [0.05, 0.1) is 19.8 Å². The van der Waals surface area contributed by atoms with Crippen molar-refractivity contribution in [1.82, 2.24) is 0 Å². The van der Waals surface area contributed by atoms with Crippen molar-refractivity contribution in [2.45, 2.75) is 6.92 Å². The zero-order valence-corrected chi connectivity index (χ0v) is 9.37. The lowest BCUT2D eigenvalue weighted by molar-refractivity contribution is 0.173. The van der Waals surface area contributed by atoms with Gasteiger partial charge in [-0.15, -0.1) is 6.58 Å². The average molecular weight is 240 g/mol. The Kier molecular flexibility index (Phi) is 10.6. The third kappa shape index (κ3) is 19.5. The summed E-state index contributed by atoms with van der Waals surface area (Å²) < 4.78 is 35.7. The van der Waals surface area contributed by atoms with Crippen molar-refractivity contribution in [2.75, 3.05) is 19.8 Å². The Morgan fingerprint density at radius 2 is 2.07 bits per heavy atom. The largest absolute Gasteiger partial charge is 0.496 e. The molecule has 7 heteroatoms. The molecule has 2 N–H and O–H groups in total. The molecular weight excluding hydrogens is 224 g/mol. The molecule has 90 valence electrons. The maximum atomic E-state index is 9.68. The van der Waals surface area contributed by atoms with Crippen LogP contribution in [0.3, 0.4) is 0 Å². The average Bonchev–Trinajstić information content (AvgIpc) is 2.15. The SMILES string of the molecule is C=C(CO)OCC.C=CCOS(=O)(=O)O. The summed E-state index contributed by atoms with van der Waals surface area (Å²) in [5, 5.41) is 8.24. The van der Waals surface area contributed by atoms with Crippen LogP contribution in [0.2, 0.25) is 0 Å².